The number of hydrogen-bond acceptors (Lipinski definition) is 4. The Labute approximate surface area is 102 Å². The topological polar surface area (TPSA) is 63.2 Å². The number of carbonyl (C=O) groups is 1. The van der Waals surface area contributed by atoms with Crippen LogP contribution in [0.15, 0.2) is 18.5 Å². The molecule has 0 aliphatic heterocycles. The summed E-state index contributed by atoms with van der Waals surface area (Å²) in [6, 6.07) is 1.73. The van der Waals surface area contributed by atoms with E-state index < -0.39 is 0 Å². The number of ether oxygens (including phenoxy) is 1. The molecule has 0 saturated heterocycles. The molecule has 94 valence electrons. The summed E-state index contributed by atoms with van der Waals surface area (Å²) in [5.74, 6) is -0.111. The van der Waals surface area contributed by atoms with Crippen LogP contribution in [0.1, 0.15) is 23.7 Å². The van der Waals surface area contributed by atoms with Crippen LogP contribution in [0, 0.1) is 0 Å². The number of carbonyl (C=O) groups excluding carboxylic acids is 1. The summed E-state index contributed by atoms with van der Waals surface area (Å²) >= 11 is 0. The molecule has 1 atom stereocenters. The first-order chi connectivity index (χ1) is 8.22. The number of anilines is 1. The molecule has 0 radical (unpaired) electrons. The molecular formula is C12H19N3O2. The van der Waals surface area contributed by atoms with Crippen molar-refractivity contribution in [2.75, 3.05) is 26.1 Å². The van der Waals surface area contributed by atoms with Crippen LogP contribution in [0.2, 0.25) is 0 Å². The first kappa shape index (κ1) is 13.4. The number of nitrogens with zero attached hydrogens (tertiary/aromatic N) is 1. The number of rotatable bonds is 6. The largest absolute Gasteiger partial charge is 0.386 e. The highest BCUT2D eigenvalue weighted by molar-refractivity contribution is 5.99. The third-order valence-corrected chi connectivity index (χ3v) is 2.53. The number of hydrogen-bond donors (Lipinski definition) is 2. The maximum Gasteiger partial charge on any atom is 0.253 e. The Morgan fingerprint density at radius 2 is 2.35 bits per heavy atom. The predicted octanol–water partition coefficient (Wildman–Crippen LogP) is 1.28. The second-order valence-electron chi connectivity index (χ2n) is 3.71. The van der Waals surface area contributed by atoms with Gasteiger partial charge in [0.1, 0.15) is 0 Å². The fraction of sp³-hybridized carbons (Fsp3) is 0.500. The second-order valence-corrected chi connectivity index (χ2v) is 3.71. The molecule has 0 aromatic carbocycles. The van der Waals surface area contributed by atoms with Crippen LogP contribution in [0.4, 0.5) is 5.69 Å². The van der Waals surface area contributed by atoms with Crippen LogP contribution < -0.4 is 10.6 Å². The van der Waals surface area contributed by atoms with Crippen LogP contribution >= 0.6 is 0 Å². The van der Waals surface area contributed by atoms with Crippen molar-refractivity contribution in [3.8, 4) is 0 Å². The van der Waals surface area contributed by atoms with E-state index in [4.69, 9.17) is 4.74 Å². The monoisotopic (exact) mass is 237 g/mol. The van der Waals surface area contributed by atoms with Gasteiger partial charge in [0.2, 0.25) is 0 Å². The first-order valence-electron chi connectivity index (χ1n) is 5.64. The minimum absolute atomic E-state index is 0.0328. The summed E-state index contributed by atoms with van der Waals surface area (Å²) in [5.41, 5.74) is 1.31. The van der Waals surface area contributed by atoms with Gasteiger partial charge in [0.25, 0.3) is 5.91 Å². The van der Waals surface area contributed by atoms with Crippen molar-refractivity contribution in [1.29, 1.82) is 0 Å². The number of pyridine rings is 1. The lowest BCUT2D eigenvalue weighted by atomic mass is 10.1. The molecule has 5 nitrogen and oxygen atoms in total. The molecule has 1 unspecified atom stereocenters. The van der Waals surface area contributed by atoms with E-state index in [1.807, 2.05) is 6.92 Å². The van der Waals surface area contributed by atoms with Gasteiger partial charge in [-0.3, -0.25) is 9.78 Å². The highest BCUT2D eigenvalue weighted by Crippen LogP contribution is 2.12. The Bertz CT molecular complexity index is 369. The fourth-order valence-corrected chi connectivity index (χ4v) is 1.52. The van der Waals surface area contributed by atoms with Crippen molar-refractivity contribution in [2.24, 2.45) is 0 Å². The summed E-state index contributed by atoms with van der Waals surface area (Å²) in [7, 11) is 3.39. The number of nitrogens with one attached hydrogen (secondary N) is 2. The average Bonchev–Trinajstić information content (AvgIpc) is 2.38. The average molecular weight is 237 g/mol. The SMILES string of the molecule is CCC(COC)NC(=O)c1ccncc1NC. The lowest BCUT2D eigenvalue weighted by Gasteiger charge is -2.17. The Balaban J connectivity index is 2.75. The Kier molecular flexibility index (Phi) is 5.42. The van der Waals surface area contributed by atoms with Crippen LogP contribution in [-0.4, -0.2) is 37.7 Å². The van der Waals surface area contributed by atoms with Crippen LogP contribution in [0.5, 0.6) is 0 Å². The van der Waals surface area contributed by atoms with Crippen molar-refractivity contribution < 1.29 is 9.53 Å². The molecule has 1 amide bonds. The van der Waals surface area contributed by atoms with Crippen LogP contribution in [0.3, 0.4) is 0 Å². The second kappa shape index (κ2) is 6.85. The zero-order chi connectivity index (χ0) is 12.7. The lowest BCUT2D eigenvalue weighted by Crippen LogP contribution is -2.37. The standard InChI is InChI=1S/C12H19N3O2/c1-4-9(8-17-3)15-12(16)10-5-6-14-7-11(10)13-2/h5-7,9,13H,4,8H2,1-3H3,(H,15,16). The predicted molar refractivity (Wildman–Crippen MR) is 67.2 cm³/mol. The first-order valence-corrected chi connectivity index (χ1v) is 5.64. The molecule has 1 rings (SSSR count). The highest BCUT2D eigenvalue weighted by atomic mass is 16.5. The molecule has 17 heavy (non-hydrogen) atoms. The van der Waals surface area contributed by atoms with E-state index in [1.165, 1.54) is 0 Å². The number of amides is 1. The van der Waals surface area contributed by atoms with Gasteiger partial charge in [0, 0.05) is 20.4 Å². The quantitative estimate of drug-likeness (QED) is 0.782. The molecule has 5 heteroatoms. The van der Waals surface area contributed by atoms with Crippen molar-refractivity contribution in [3.63, 3.8) is 0 Å². The van der Waals surface area contributed by atoms with Gasteiger partial charge in [0.05, 0.1) is 30.1 Å². The smallest absolute Gasteiger partial charge is 0.253 e. The molecule has 0 bridgehead atoms. The molecule has 0 saturated carbocycles. The van der Waals surface area contributed by atoms with Crippen molar-refractivity contribution in [2.45, 2.75) is 19.4 Å². The molecule has 1 aromatic rings. The van der Waals surface area contributed by atoms with Gasteiger partial charge in [-0.1, -0.05) is 6.92 Å². The molecule has 0 aliphatic carbocycles. The summed E-state index contributed by atoms with van der Waals surface area (Å²) in [6.45, 7) is 2.53. The van der Waals surface area contributed by atoms with Gasteiger partial charge in [-0.2, -0.15) is 0 Å². The molecular weight excluding hydrogens is 218 g/mol. The van der Waals surface area contributed by atoms with E-state index in [-0.39, 0.29) is 11.9 Å². The van der Waals surface area contributed by atoms with E-state index >= 15 is 0 Å². The minimum atomic E-state index is -0.111. The fourth-order valence-electron chi connectivity index (χ4n) is 1.52. The molecule has 0 fully saturated rings. The zero-order valence-corrected chi connectivity index (χ0v) is 10.5. The van der Waals surface area contributed by atoms with Crippen molar-refractivity contribution >= 4 is 11.6 Å². The third-order valence-electron chi connectivity index (χ3n) is 2.53. The molecule has 0 spiro atoms. The van der Waals surface area contributed by atoms with Gasteiger partial charge in [-0.25, -0.2) is 0 Å². The van der Waals surface area contributed by atoms with Gasteiger partial charge in [-0.05, 0) is 12.5 Å². The normalized spacial score (nSPS) is 11.9. The minimum Gasteiger partial charge on any atom is -0.386 e. The maximum atomic E-state index is 12.0. The lowest BCUT2D eigenvalue weighted by molar-refractivity contribution is 0.0895. The van der Waals surface area contributed by atoms with E-state index in [9.17, 15) is 4.79 Å². The zero-order valence-electron chi connectivity index (χ0n) is 10.5. The number of methoxy groups -OCH3 is 1. The molecule has 1 aromatic heterocycles. The maximum absolute atomic E-state index is 12.0. The summed E-state index contributed by atoms with van der Waals surface area (Å²) in [6.07, 6.45) is 4.07. The van der Waals surface area contributed by atoms with E-state index in [2.05, 4.69) is 15.6 Å². The van der Waals surface area contributed by atoms with Gasteiger partial charge >= 0.3 is 0 Å². The summed E-state index contributed by atoms with van der Waals surface area (Å²) in [4.78, 5) is 16.0. The van der Waals surface area contributed by atoms with Gasteiger partial charge in [-0.15, -0.1) is 0 Å². The van der Waals surface area contributed by atoms with Crippen molar-refractivity contribution in [3.05, 3.63) is 24.0 Å². The molecule has 2 N–H and O–H groups in total. The summed E-state index contributed by atoms with van der Waals surface area (Å²) < 4.78 is 5.05. The highest BCUT2D eigenvalue weighted by Gasteiger charge is 2.14. The van der Waals surface area contributed by atoms with Crippen molar-refractivity contribution in [1.82, 2.24) is 10.3 Å². The van der Waals surface area contributed by atoms with Crippen LogP contribution in [0.25, 0.3) is 0 Å². The Morgan fingerprint density at radius 3 is 2.94 bits per heavy atom. The Hall–Kier alpha value is -1.62. The molecule has 0 aliphatic rings. The molecule has 1 heterocycles. The van der Waals surface area contributed by atoms with E-state index in [0.29, 0.717) is 12.2 Å². The number of aromatic nitrogens is 1. The van der Waals surface area contributed by atoms with Crippen LogP contribution in [-0.2, 0) is 4.74 Å². The Morgan fingerprint density at radius 1 is 1.59 bits per heavy atom. The van der Waals surface area contributed by atoms with Gasteiger partial charge < -0.3 is 15.4 Å². The van der Waals surface area contributed by atoms with E-state index in [1.54, 1.807) is 32.6 Å². The third kappa shape index (κ3) is 3.71. The van der Waals surface area contributed by atoms with Gasteiger partial charge in [0.15, 0.2) is 0 Å². The van der Waals surface area contributed by atoms with E-state index in [0.717, 1.165) is 12.1 Å². The summed E-state index contributed by atoms with van der Waals surface area (Å²) in [5, 5.41) is 5.87.